The van der Waals surface area contributed by atoms with E-state index in [1.54, 1.807) is 0 Å². The molecular weight excluding hydrogens is 390 g/mol. The average molecular weight is 397 g/mol. The number of sulfonamides is 1. The minimum Gasteiger partial charge on any atom is -0.272 e. The first-order valence-electron chi connectivity index (χ1n) is 5.24. The number of hydrogen-bond acceptors (Lipinski definition) is 6. The van der Waals surface area contributed by atoms with Crippen molar-refractivity contribution in [3.63, 3.8) is 0 Å². The summed E-state index contributed by atoms with van der Waals surface area (Å²) in [6.07, 6.45) is 0. The molecule has 112 valence electrons. The van der Waals surface area contributed by atoms with Gasteiger partial charge in [0.1, 0.15) is 5.69 Å². The van der Waals surface area contributed by atoms with Gasteiger partial charge in [-0.3, -0.25) is 14.8 Å². The summed E-state index contributed by atoms with van der Waals surface area (Å²) >= 11 is 8.63. The number of benzene rings is 1. The third kappa shape index (κ3) is 3.14. The molecule has 2 aromatic rings. The maximum Gasteiger partial charge on any atom is 0.294 e. The fourth-order valence-electron chi connectivity index (χ4n) is 1.54. The predicted molar refractivity (Wildman–Crippen MR) is 77.6 cm³/mol. The van der Waals surface area contributed by atoms with Crippen LogP contribution in [0.25, 0.3) is 0 Å². The van der Waals surface area contributed by atoms with E-state index in [9.17, 15) is 18.5 Å². The van der Waals surface area contributed by atoms with E-state index < -0.39 is 20.6 Å². The van der Waals surface area contributed by atoms with Crippen molar-refractivity contribution in [2.45, 2.75) is 5.03 Å². The molecular formula is C9H7BrClN5O4S. The lowest BCUT2D eigenvalue weighted by Crippen LogP contribution is -2.18. The number of nitrogens with one attached hydrogen (secondary N) is 1. The van der Waals surface area contributed by atoms with Crippen LogP contribution in [0.4, 0.5) is 11.4 Å². The zero-order valence-corrected chi connectivity index (χ0v) is 13.5. The maximum absolute atomic E-state index is 12.3. The number of halogens is 2. The Morgan fingerprint density at radius 2 is 2.14 bits per heavy atom. The van der Waals surface area contributed by atoms with Crippen LogP contribution in [0.3, 0.4) is 0 Å². The number of aromatic nitrogens is 3. The fraction of sp³-hybridized carbons (Fsp3) is 0.111. The molecule has 0 amide bonds. The summed E-state index contributed by atoms with van der Waals surface area (Å²) in [5, 5.41) is 17.9. The minimum atomic E-state index is -4.11. The normalized spacial score (nSPS) is 11.4. The van der Waals surface area contributed by atoms with Gasteiger partial charge in [0.05, 0.1) is 4.92 Å². The van der Waals surface area contributed by atoms with Crippen LogP contribution in [-0.2, 0) is 17.1 Å². The van der Waals surface area contributed by atoms with Gasteiger partial charge in [-0.1, -0.05) is 16.8 Å². The molecule has 1 aromatic heterocycles. The lowest BCUT2D eigenvalue weighted by Gasteiger charge is -2.08. The monoisotopic (exact) mass is 395 g/mol. The van der Waals surface area contributed by atoms with Gasteiger partial charge in [-0.2, -0.15) is 8.42 Å². The topological polar surface area (TPSA) is 120 Å². The molecule has 0 aliphatic heterocycles. The van der Waals surface area contributed by atoms with Crippen LogP contribution in [-0.4, -0.2) is 28.3 Å². The molecule has 0 aliphatic rings. The molecule has 1 heterocycles. The highest BCUT2D eigenvalue weighted by Crippen LogP contribution is 2.30. The van der Waals surface area contributed by atoms with Crippen LogP contribution in [0.2, 0.25) is 5.02 Å². The van der Waals surface area contributed by atoms with Crippen LogP contribution >= 0.6 is 27.5 Å². The molecule has 1 N–H and O–H groups in total. The van der Waals surface area contributed by atoms with E-state index in [0.717, 1.165) is 10.7 Å². The van der Waals surface area contributed by atoms with E-state index in [0.29, 0.717) is 0 Å². The van der Waals surface area contributed by atoms with Gasteiger partial charge in [-0.05, 0) is 28.1 Å². The molecule has 0 spiro atoms. The van der Waals surface area contributed by atoms with Crippen molar-refractivity contribution in [2.75, 3.05) is 4.72 Å². The Labute approximate surface area is 132 Å². The molecule has 0 saturated heterocycles. The summed E-state index contributed by atoms with van der Waals surface area (Å²) in [5.74, 6) is 0. The standard InChI is InChI=1S/C9H7BrClN5O4S/c1-15-9(8(10)12-14-15)21(19,20)13-6-3-2-5(11)4-7(6)16(17)18/h2-4,13H,1H3. The predicted octanol–water partition coefficient (Wildman–Crippen LogP) is 1.94. The first-order chi connectivity index (χ1) is 9.72. The summed E-state index contributed by atoms with van der Waals surface area (Å²) in [5.41, 5.74) is -0.671. The Balaban J connectivity index is 2.50. The van der Waals surface area contributed by atoms with Gasteiger partial charge < -0.3 is 0 Å². The van der Waals surface area contributed by atoms with Gasteiger partial charge in [0.15, 0.2) is 4.60 Å². The second-order valence-electron chi connectivity index (χ2n) is 3.83. The molecule has 0 bridgehead atoms. The third-order valence-electron chi connectivity index (χ3n) is 2.39. The molecule has 1 aromatic carbocycles. The summed E-state index contributed by atoms with van der Waals surface area (Å²) in [6.45, 7) is 0. The summed E-state index contributed by atoms with van der Waals surface area (Å²) < 4.78 is 27.7. The van der Waals surface area contributed by atoms with Crippen LogP contribution in [0.15, 0.2) is 27.8 Å². The highest BCUT2D eigenvalue weighted by atomic mass is 79.9. The van der Waals surface area contributed by atoms with Crippen molar-refractivity contribution in [1.29, 1.82) is 0 Å². The van der Waals surface area contributed by atoms with Gasteiger partial charge in [-0.15, -0.1) is 5.10 Å². The highest BCUT2D eigenvalue weighted by Gasteiger charge is 2.27. The number of nitrogens with zero attached hydrogens (tertiary/aromatic N) is 4. The van der Waals surface area contributed by atoms with Crippen LogP contribution in [0.1, 0.15) is 0 Å². The van der Waals surface area contributed by atoms with Gasteiger partial charge in [0, 0.05) is 18.1 Å². The number of anilines is 1. The SMILES string of the molecule is Cn1nnc(Br)c1S(=O)(=O)Nc1ccc(Cl)cc1[N+](=O)[O-]. The number of aryl methyl sites for hydroxylation is 1. The zero-order chi connectivity index (χ0) is 15.8. The smallest absolute Gasteiger partial charge is 0.272 e. The fourth-order valence-corrected chi connectivity index (χ4v) is 3.88. The summed E-state index contributed by atoms with van der Waals surface area (Å²) in [6, 6.07) is 3.59. The zero-order valence-electron chi connectivity index (χ0n) is 10.3. The largest absolute Gasteiger partial charge is 0.294 e. The molecule has 9 nitrogen and oxygen atoms in total. The van der Waals surface area contributed by atoms with Gasteiger partial charge in [-0.25, -0.2) is 4.68 Å². The molecule has 12 heteroatoms. The molecule has 0 atom stereocenters. The quantitative estimate of drug-likeness (QED) is 0.623. The lowest BCUT2D eigenvalue weighted by atomic mass is 10.3. The second-order valence-corrected chi connectivity index (χ2v) is 6.62. The average Bonchev–Trinajstić information content (AvgIpc) is 2.71. The Morgan fingerprint density at radius 1 is 1.48 bits per heavy atom. The number of rotatable bonds is 4. The van der Waals surface area contributed by atoms with Gasteiger partial charge in [0.2, 0.25) is 5.03 Å². The van der Waals surface area contributed by atoms with E-state index in [1.807, 2.05) is 0 Å². The third-order valence-corrected chi connectivity index (χ3v) is 4.88. The van der Waals surface area contributed by atoms with Crippen molar-refractivity contribution in [3.05, 3.63) is 37.9 Å². The number of nitro benzene ring substituents is 1. The van der Waals surface area contributed by atoms with Crippen molar-refractivity contribution in [2.24, 2.45) is 7.05 Å². The van der Waals surface area contributed by atoms with Crippen LogP contribution in [0.5, 0.6) is 0 Å². The molecule has 0 fully saturated rings. The van der Waals surface area contributed by atoms with Crippen molar-refractivity contribution < 1.29 is 13.3 Å². The van der Waals surface area contributed by atoms with Crippen molar-refractivity contribution in [1.82, 2.24) is 15.0 Å². The Kier molecular flexibility index (Phi) is 4.16. The molecule has 0 aliphatic carbocycles. The number of hydrogen-bond donors (Lipinski definition) is 1. The minimum absolute atomic E-state index is 0.00545. The van der Waals surface area contributed by atoms with Crippen molar-refractivity contribution >= 4 is 48.9 Å². The van der Waals surface area contributed by atoms with E-state index in [2.05, 4.69) is 31.0 Å². The first-order valence-corrected chi connectivity index (χ1v) is 7.89. The number of nitro groups is 1. The van der Waals surface area contributed by atoms with E-state index >= 15 is 0 Å². The molecule has 0 radical (unpaired) electrons. The van der Waals surface area contributed by atoms with E-state index in [-0.39, 0.29) is 20.3 Å². The van der Waals surface area contributed by atoms with E-state index in [1.165, 1.54) is 19.2 Å². The van der Waals surface area contributed by atoms with E-state index in [4.69, 9.17) is 11.6 Å². The lowest BCUT2D eigenvalue weighted by molar-refractivity contribution is -0.383. The summed E-state index contributed by atoms with van der Waals surface area (Å²) in [7, 11) is -2.73. The molecule has 0 unspecified atom stereocenters. The molecule has 0 saturated carbocycles. The first kappa shape index (κ1) is 15.7. The maximum atomic E-state index is 12.3. The van der Waals surface area contributed by atoms with Gasteiger partial charge in [0.25, 0.3) is 15.7 Å². The molecule has 21 heavy (non-hydrogen) atoms. The van der Waals surface area contributed by atoms with Crippen molar-refractivity contribution in [3.8, 4) is 0 Å². The Hall–Kier alpha value is -1.72. The Morgan fingerprint density at radius 3 is 2.67 bits per heavy atom. The van der Waals surface area contributed by atoms with Crippen LogP contribution in [0, 0.1) is 10.1 Å². The highest BCUT2D eigenvalue weighted by molar-refractivity contribution is 9.10. The summed E-state index contributed by atoms with van der Waals surface area (Å²) in [4.78, 5) is 10.2. The van der Waals surface area contributed by atoms with Crippen LogP contribution < -0.4 is 4.72 Å². The Bertz CT molecular complexity index is 802. The second kappa shape index (κ2) is 5.58. The van der Waals surface area contributed by atoms with Gasteiger partial charge >= 0.3 is 0 Å². The molecule has 2 rings (SSSR count).